The molecule has 0 bridgehead atoms. The fraction of sp³-hybridized carbons (Fsp3) is 0.385. The smallest absolute Gasteiger partial charge is 0.324 e. The number of carbonyl (C=O) groups excluding carboxylic acids is 2. The van der Waals surface area contributed by atoms with Gasteiger partial charge in [-0.25, -0.2) is 13.2 Å². The van der Waals surface area contributed by atoms with Crippen LogP contribution in [-0.4, -0.2) is 51.1 Å². The molecule has 1 aromatic rings. The van der Waals surface area contributed by atoms with Crippen LogP contribution in [0.1, 0.15) is 5.56 Å². The molecule has 0 saturated carbocycles. The molecule has 1 saturated heterocycles. The number of nitrogens with one attached hydrogen (secondary N) is 2. The summed E-state index contributed by atoms with van der Waals surface area (Å²) < 4.78 is 23.1. The van der Waals surface area contributed by atoms with Gasteiger partial charge in [0.15, 0.2) is 9.84 Å². The first-order chi connectivity index (χ1) is 9.79. The van der Waals surface area contributed by atoms with Gasteiger partial charge in [-0.1, -0.05) is 6.07 Å². The van der Waals surface area contributed by atoms with Crippen molar-refractivity contribution in [3.05, 3.63) is 23.8 Å². The fourth-order valence-corrected chi connectivity index (χ4v) is 2.65. The second-order valence-corrected chi connectivity index (χ2v) is 6.90. The van der Waals surface area contributed by atoms with E-state index < -0.39 is 15.9 Å². The van der Waals surface area contributed by atoms with E-state index in [1.165, 1.54) is 12.1 Å². The Hall–Kier alpha value is -2.09. The average Bonchev–Trinajstić information content (AvgIpc) is 2.82. The highest BCUT2D eigenvalue weighted by molar-refractivity contribution is 7.90. The Balaban J connectivity index is 2.09. The van der Waals surface area contributed by atoms with Crippen molar-refractivity contribution in [1.29, 1.82) is 0 Å². The Bertz CT molecular complexity index is 685. The molecule has 3 amide bonds. The number of amides is 3. The van der Waals surface area contributed by atoms with Crippen LogP contribution in [0.3, 0.4) is 0 Å². The summed E-state index contributed by atoms with van der Waals surface area (Å²) in [5, 5.41) is 5.44. The minimum absolute atomic E-state index is 0.0680. The lowest BCUT2D eigenvalue weighted by atomic mass is 10.2. The SMILES string of the molecule is Cc1ccc(S(C)(=O)=O)cc1NCC(=O)N1CCNC1=O. The number of urea groups is 1. The van der Waals surface area contributed by atoms with E-state index in [0.29, 0.717) is 18.8 Å². The van der Waals surface area contributed by atoms with Crippen molar-refractivity contribution in [3.63, 3.8) is 0 Å². The van der Waals surface area contributed by atoms with Crippen molar-refractivity contribution >= 4 is 27.5 Å². The number of anilines is 1. The highest BCUT2D eigenvalue weighted by Gasteiger charge is 2.25. The molecular weight excluding hydrogens is 294 g/mol. The topological polar surface area (TPSA) is 95.6 Å². The highest BCUT2D eigenvalue weighted by atomic mass is 32.2. The van der Waals surface area contributed by atoms with Crippen LogP contribution in [0.25, 0.3) is 0 Å². The molecule has 2 N–H and O–H groups in total. The molecule has 7 nitrogen and oxygen atoms in total. The Kier molecular flexibility index (Phi) is 4.17. The Morgan fingerprint density at radius 3 is 2.71 bits per heavy atom. The maximum absolute atomic E-state index is 11.9. The predicted octanol–water partition coefficient (Wildman–Crippen LogP) is 0.362. The Morgan fingerprint density at radius 2 is 2.14 bits per heavy atom. The lowest BCUT2D eigenvalue weighted by Crippen LogP contribution is -2.38. The summed E-state index contributed by atoms with van der Waals surface area (Å²) in [6.45, 7) is 2.54. The van der Waals surface area contributed by atoms with Crippen molar-refractivity contribution in [2.24, 2.45) is 0 Å². The molecule has 2 rings (SSSR count). The number of imide groups is 1. The zero-order chi connectivity index (χ0) is 15.6. The minimum atomic E-state index is -3.30. The first kappa shape index (κ1) is 15.3. The number of rotatable bonds is 4. The van der Waals surface area contributed by atoms with Gasteiger partial charge < -0.3 is 10.6 Å². The number of benzene rings is 1. The third-order valence-electron chi connectivity index (χ3n) is 3.23. The number of sulfone groups is 1. The van der Waals surface area contributed by atoms with Gasteiger partial charge in [-0.15, -0.1) is 0 Å². The van der Waals surface area contributed by atoms with E-state index in [9.17, 15) is 18.0 Å². The van der Waals surface area contributed by atoms with Gasteiger partial charge in [-0.2, -0.15) is 0 Å². The van der Waals surface area contributed by atoms with Crippen LogP contribution in [0.2, 0.25) is 0 Å². The van der Waals surface area contributed by atoms with Gasteiger partial charge in [0, 0.05) is 25.0 Å². The number of aryl methyl sites for hydroxylation is 1. The van der Waals surface area contributed by atoms with Crippen molar-refractivity contribution in [2.45, 2.75) is 11.8 Å². The summed E-state index contributed by atoms with van der Waals surface area (Å²) in [6.07, 6.45) is 1.13. The van der Waals surface area contributed by atoms with Crippen molar-refractivity contribution in [1.82, 2.24) is 10.2 Å². The van der Waals surface area contributed by atoms with Crippen LogP contribution in [0.15, 0.2) is 23.1 Å². The second kappa shape index (κ2) is 5.72. The quantitative estimate of drug-likeness (QED) is 0.837. The number of carbonyl (C=O) groups is 2. The van der Waals surface area contributed by atoms with E-state index in [-0.39, 0.29) is 17.3 Å². The molecule has 0 radical (unpaired) electrons. The van der Waals surface area contributed by atoms with Crippen molar-refractivity contribution in [2.75, 3.05) is 31.2 Å². The number of hydrogen-bond donors (Lipinski definition) is 2. The van der Waals surface area contributed by atoms with E-state index in [2.05, 4.69) is 10.6 Å². The molecule has 1 fully saturated rings. The van der Waals surface area contributed by atoms with Crippen LogP contribution in [-0.2, 0) is 14.6 Å². The van der Waals surface area contributed by atoms with Gasteiger partial charge in [0.05, 0.1) is 11.4 Å². The Labute approximate surface area is 123 Å². The summed E-state index contributed by atoms with van der Waals surface area (Å²) in [5.41, 5.74) is 1.38. The van der Waals surface area contributed by atoms with Crippen LogP contribution in [0, 0.1) is 6.92 Å². The lowest BCUT2D eigenvalue weighted by Gasteiger charge is -2.15. The van der Waals surface area contributed by atoms with E-state index in [0.717, 1.165) is 16.7 Å². The molecule has 0 unspecified atom stereocenters. The van der Waals surface area contributed by atoms with Crippen LogP contribution in [0.5, 0.6) is 0 Å². The molecule has 0 spiro atoms. The van der Waals surface area contributed by atoms with Gasteiger partial charge in [-0.3, -0.25) is 9.69 Å². The largest absolute Gasteiger partial charge is 0.376 e. The van der Waals surface area contributed by atoms with Crippen molar-refractivity contribution < 1.29 is 18.0 Å². The third-order valence-corrected chi connectivity index (χ3v) is 4.34. The fourth-order valence-electron chi connectivity index (χ4n) is 2.00. The molecule has 0 aliphatic carbocycles. The summed E-state index contributed by atoms with van der Waals surface area (Å²) >= 11 is 0. The van der Waals surface area contributed by atoms with E-state index in [1.54, 1.807) is 13.0 Å². The molecule has 1 aliphatic heterocycles. The summed E-state index contributed by atoms with van der Waals surface area (Å²) in [5.74, 6) is -0.353. The molecule has 1 heterocycles. The average molecular weight is 311 g/mol. The van der Waals surface area contributed by atoms with E-state index in [4.69, 9.17) is 0 Å². The Morgan fingerprint density at radius 1 is 1.43 bits per heavy atom. The molecule has 21 heavy (non-hydrogen) atoms. The molecule has 8 heteroatoms. The molecular formula is C13H17N3O4S. The van der Waals surface area contributed by atoms with Crippen LogP contribution >= 0.6 is 0 Å². The van der Waals surface area contributed by atoms with Gasteiger partial charge in [0.1, 0.15) is 0 Å². The monoisotopic (exact) mass is 311 g/mol. The van der Waals surface area contributed by atoms with Crippen LogP contribution in [0.4, 0.5) is 10.5 Å². The maximum atomic E-state index is 11.9. The standard InChI is InChI=1S/C13H17N3O4S/c1-9-3-4-10(21(2,19)20)7-11(9)15-8-12(17)16-6-5-14-13(16)18/h3-4,7,15H,5-6,8H2,1-2H3,(H,14,18). The lowest BCUT2D eigenvalue weighted by molar-refractivity contribution is -0.125. The normalized spacial score (nSPS) is 15.0. The number of hydrogen-bond acceptors (Lipinski definition) is 5. The molecule has 0 aromatic heterocycles. The van der Waals surface area contributed by atoms with Gasteiger partial charge >= 0.3 is 6.03 Å². The zero-order valence-corrected chi connectivity index (χ0v) is 12.7. The number of nitrogens with zero attached hydrogens (tertiary/aromatic N) is 1. The minimum Gasteiger partial charge on any atom is -0.376 e. The molecule has 0 atom stereocenters. The summed E-state index contributed by atoms with van der Waals surface area (Å²) in [4.78, 5) is 24.6. The van der Waals surface area contributed by atoms with Gasteiger partial charge in [0.2, 0.25) is 5.91 Å². The highest BCUT2D eigenvalue weighted by Crippen LogP contribution is 2.20. The molecule has 1 aliphatic rings. The summed E-state index contributed by atoms with van der Waals surface area (Å²) in [6, 6.07) is 4.28. The third kappa shape index (κ3) is 3.52. The van der Waals surface area contributed by atoms with E-state index >= 15 is 0 Å². The first-order valence-electron chi connectivity index (χ1n) is 6.42. The molecule has 114 valence electrons. The van der Waals surface area contributed by atoms with Gasteiger partial charge in [-0.05, 0) is 24.6 Å². The van der Waals surface area contributed by atoms with Gasteiger partial charge in [0.25, 0.3) is 0 Å². The molecule has 1 aromatic carbocycles. The first-order valence-corrected chi connectivity index (χ1v) is 8.31. The van der Waals surface area contributed by atoms with Crippen molar-refractivity contribution in [3.8, 4) is 0 Å². The van der Waals surface area contributed by atoms with Crippen LogP contribution < -0.4 is 10.6 Å². The second-order valence-electron chi connectivity index (χ2n) is 4.88. The zero-order valence-electron chi connectivity index (χ0n) is 11.8. The predicted molar refractivity (Wildman–Crippen MR) is 77.9 cm³/mol. The van der Waals surface area contributed by atoms with E-state index in [1.807, 2.05) is 0 Å². The maximum Gasteiger partial charge on any atom is 0.324 e. The summed E-state index contributed by atoms with van der Waals surface area (Å²) in [7, 11) is -3.30.